The quantitative estimate of drug-likeness (QED) is 0.506. The second kappa shape index (κ2) is 11.1. The molecule has 31 heavy (non-hydrogen) atoms. The van der Waals surface area contributed by atoms with Gasteiger partial charge in [-0.05, 0) is 59.9 Å². The van der Waals surface area contributed by atoms with Crippen molar-refractivity contribution >= 4 is 11.8 Å². The fourth-order valence-corrected chi connectivity index (χ4v) is 3.31. The van der Waals surface area contributed by atoms with Crippen LogP contribution in [0.15, 0.2) is 73.1 Å². The number of hydrogen-bond acceptors (Lipinski definition) is 5. The third-order valence-corrected chi connectivity index (χ3v) is 4.89. The Bertz CT molecular complexity index is 1010. The molecule has 0 fully saturated rings. The lowest BCUT2D eigenvalue weighted by Crippen LogP contribution is -2.42. The fourth-order valence-electron chi connectivity index (χ4n) is 3.31. The topological polar surface area (TPSA) is 68.3 Å². The lowest BCUT2D eigenvalue weighted by molar-refractivity contribution is -0.142. The molecule has 6 heteroatoms. The van der Waals surface area contributed by atoms with E-state index in [0.717, 1.165) is 16.7 Å². The molecule has 160 valence electrons. The Labute approximate surface area is 181 Å². The summed E-state index contributed by atoms with van der Waals surface area (Å²) in [7, 11) is 0. The van der Waals surface area contributed by atoms with E-state index < -0.39 is 17.8 Å². The van der Waals surface area contributed by atoms with E-state index in [9.17, 15) is 14.0 Å². The van der Waals surface area contributed by atoms with Crippen LogP contribution in [0.2, 0.25) is 0 Å². The predicted molar refractivity (Wildman–Crippen MR) is 117 cm³/mol. The standard InChI is InChI=1S/C25H25FN2O3/c1-2-31-25(30)17-28-23(14-18-6-4-3-5-7-18)24(29)16-21-15-20(8-9-22(21)26)19-10-12-27-13-11-19/h3-13,15,23,28H,2,14,16-17H2,1H3/t23-/m0/s1. The highest BCUT2D eigenvalue weighted by atomic mass is 19.1. The molecular formula is C25H25FN2O3. The Kier molecular flexibility index (Phi) is 8.01. The lowest BCUT2D eigenvalue weighted by Gasteiger charge is -2.18. The number of nitrogens with one attached hydrogen (secondary N) is 1. The number of Topliss-reactive ketones (excluding diaryl/α,β-unsaturated/α-hetero) is 1. The van der Waals surface area contributed by atoms with Crippen LogP contribution >= 0.6 is 0 Å². The molecule has 0 saturated heterocycles. The van der Waals surface area contributed by atoms with Crippen LogP contribution in [-0.4, -0.2) is 35.9 Å². The molecule has 0 spiro atoms. The van der Waals surface area contributed by atoms with E-state index in [1.54, 1.807) is 31.5 Å². The number of halogens is 1. The first-order chi connectivity index (χ1) is 15.1. The maximum absolute atomic E-state index is 14.5. The van der Waals surface area contributed by atoms with Gasteiger partial charge in [0.15, 0.2) is 5.78 Å². The molecule has 0 amide bonds. The van der Waals surface area contributed by atoms with E-state index in [1.807, 2.05) is 42.5 Å². The smallest absolute Gasteiger partial charge is 0.319 e. The second-order valence-corrected chi connectivity index (χ2v) is 7.11. The monoisotopic (exact) mass is 420 g/mol. The molecule has 5 nitrogen and oxygen atoms in total. The Morgan fingerprint density at radius 2 is 1.77 bits per heavy atom. The average molecular weight is 420 g/mol. The largest absolute Gasteiger partial charge is 0.465 e. The van der Waals surface area contributed by atoms with E-state index in [0.29, 0.717) is 12.0 Å². The normalized spacial score (nSPS) is 11.7. The van der Waals surface area contributed by atoms with Crippen molar-refractivity contribution < 1.29 is 18.7 Å². The number of carbonyl (C=O) groups is 2. The number of pyridine rings is 1. The number of nitrogens with zero attached hydrogens (tertiary/aromatic N) is 1. The summed E-state index contributed by atoms with van der Waals surface area (Å²) in [5.41, 5.74) is 2.97. The number of benzene rings is 2. The van der Waals surface area contributed by atoms with Gasteiger partial charge in [-0.2, -0.15) is 0 Å². The molecule has 0 bridgehead atoms. The third-order valence-electron chi connectivity index (χ3n) is 4.89. The van der Waals surface area contributed by atoms with Gasteiger partial charge in [0.05, 0.1) is 19.2 Å². The minimum Gasteiger partial charge on any atom is -0.465 e. The Morgan fingerprint density at radius 3 is 2.48 bits per heavy atom. The van der Waals surface area contributed by atoms with Gasteiger partial charge >= 0.3 is 5.97 Å². The summed E-state index contributed by atoms with van der Waals surface area (Å²) in [6.07, 6.45) is 3.64. The van der Waals surface area contributed by atoms with Crippen molar-refractivity contribution in [2.75, 3.05) is 13.2 Å². The number of aromatic nitrogens is 1. The number of carbonyl (C=O) groups excluding carboxylic acids is 2. The van der Waals surface area contributed by atoms with Crippen molar-refractivity contribution in [3.8, 4) is 11.1 Å². The van der Waals surface area contributed by atoms with Gasteiger partial charge in [0.1, 0.15) is 5.82 Å². The summed E-state index contributed by atoms with van der Waals surface area (Å²) < 4.78 is 19.4. The van der Waals surface area contributed by atoms with Crippen LogP contribution in [0.25, 0.3) is 11.1 Å². The highest BCUT2D eigenvalue weighted by molar-refractivity contribution is 5.87. The van der Waals surface area contributed by atoms with E-state index in [2.05, 4.69) is 10.3 Å². The minimum absolute atomic E-state index is 0.0852. The van der Waals surface area contributed by atoms with Crippen molar-refractivity contribution in [2.24, 2.45) is 0 Å². The van der Waals surface area contributed by atoms with Crippen LogP contribution in [0.3, 0.4) is 0 Å². The van der Waals surface area contributed by atoms with Crippen LogP contribution < -0.4 is 5.32 Å². The number of rotatable bonds is 10. The number of esters is 1. The van der Waals surface area contributed by atoms with E-state index >= 15 is 0 Å². The highest BCUT2D eigenvalue weighted by Crippen LogP contribution is 2.22. The van der Waals surface area contributed by atoms with Crippen LogP contribution in [-0.2, 0) is 27.2 Å². The molecule has 0 unspecified atom stereocenters. The minimum atomic E-state index is -0.643. The molecule has 3 rings (SSSR count). The maximum atomic E-state index is 14.5. The van der Waals surface area contributed by atoms with Crippen molar-refractivity contribution in [3.63, 3.8) is 0 Å². The van der Waals surface area contributed by atoms with Gasteiger partial charge in [0.25, 0.3) is 0 Å². The first-order valence-corrected chi connectivity index (χ1v) is 10.2. The van der Waals surface area contributed by atoms with Crippen LogP contribution in [0.4, 0.5) is 4.39 Å². The fraction of sp³-hybridized carbons (Fsp3) is 0.240. The van der Waals surface area contributed by atoms with Gasteiger partial charge in [0.2, 0.25) is 0 Å². The molecule has 0 saturated carbocycles. The Hall–Kier alpha value is -3.38. The van der Waals surface area contributed by atoms with E-state index in [-0.39, 0.29) is 25.4 Å². The van der Waals surface area contributed by atoms with Crippen molar-refractivity contribution in [3.05, 3.63) is 90.0 Å². The van der Waals surface area contributed by atoms with Gasteiger partial charge < -0.3 is 4.74 Å². The number of ether oxygens (including phenoxy) is 1. The summed E-state index contributed by atoms with van der Waals surface area (Å²) in [4.78, 5) is 28.9. The third kappa shape index (κ3) is 6.55. The van der Waals surface area contributed by atoms with Crippen molar-refractivity contribution in [1.29, 1.82) is 0 Å². The van der Waals surface area contributed by atoms with Crippen molar-refractivity contribution in [1.82, 2.24) is 10.3 Å². The maximum Gasteiger partial charge on any atom is 0.319 e. The molecule has 1 heterocycles. The zero-order chi connectivity index (χ0) is 22.1. The Balaban J connectivity index is 1.78. The molecule has 1 N–H and O–H groups in total. The molecule has 1 atom stereocenters. The SMILES string of the molecule is CCOC(=O)CN[C@@H](Cc1ccccc1)C(=O)Cc1cc(-c2ccncc2)ccc1F. The summed E-state index contributed by atoms with van der Waals surface area (Å²) >= 11 is 0. The van der Waals surface area contributed by atoms with Crippen LogP contribution in [0, 0.1) is 5.82 Å². The molecule has 0 aliphatic heterocycles. The lowest BCUT2D eigenvalue weighted by atomic mass is 9.95. The van der Waals surface area contributed by atoms with Crippen molar-refractivity contribution in [2.45, 2.75) is 25.8 Å². The van der Waals surface area contributed by atoms with Gasteiger partial charge in [-0.15, -0.1) is 0 Å². The second-order valence-electron chi connectivity index (χ2n) is 7.11. The van der Waals surface area contributed by atoms with Gasteiger partial charge in [-0.3, -0.25) is 19.9 Å². The summed E-state index contributed by atoms with van der Waals surface area (Å²) in [5.74, 6) is -1.06. The molecule has 0 aliphatic carbocycles. The van der Waals surface area contributed by atoms with Crippen LogP contribution in [0.1, 0.15) is 18.1 Å². The zero-order valence-corrected chi connectivity index (χ0v) is 17.4. The van der Waals surface area contributed by atoms with Gasteiger partial charge in [-0.25, -0.2) is 4.39 Å². The van der Waals surface area contributed by atoms with E-state index in [1.165, 1.54) is 6.07 Å². The molecule has 3 aromatic rings. The predicted octanol–water partition coefficient (Wildman–Crippen LogP) is 3.76. The first kappa shape index (κ1) is 22.3. The average Bonchev–Trinajstić information content (AvgIpc) is 2.79. The molecule has 0 radical (unpaired) electrons. The molecular weight excluding hydrogens is 395 g/mol. The van der Waals surface area contributed by atoms with Gasteiger partial charge in [-0.1, -0.05) is 36.4 Å². The molecule has 0 aliphatic rings. The molecule has 1 aromatic heterocycles. The number of ketones is 1. The number of hydrogen-bond donors (Lipinski definition) is 1. The Morgan fingerprint density at radius 1 is 1.03 bits per heavy atom. The van der Waals surface area contributed by atoms with Crippen LogP contribution in [0.5, 0.6) is 0 Å². The summed E-state index contributed by atoms with van der Waals surface area (Å²) in [5, 5.41) is 2.98. The zero-order valence-electron chi connectivity index (χ0n) is 17.4. The summed E-state index contributed by atoms with van der Waals surface area (Å²) in [6, 6.07) is 17.3. The highest BCUT2D eigenvalue weighted by Gasteiger charge is 2.21. The van der Waals surface area contributed by atoms with E-state index in [4.69, 9.17) is 4.74 Å². The van der Waals surface area contributed by atoms with Gasteiger partial charge in [0, 0.05) is 18.8 Å². The summed E-state index contributed by atoms with van der Waals surface area (Å²) in [6.45, 7) is 1.91. The molecule has 2 aromatic carbocycles. The first-order valence-electron chi connectivity index (χ1n) is 10.2.